The summed E-state index contributed by atoms with van der Waals surface area (Å²) in [5, 5.41) is 87.2. The van der Waals surface area contributed by atoms with E-state index < -0.39 is 86.8 Å². The molecule has 0 aromatic rings. The van der Waals surface area contributed by atoms with Crippen LogP contribution in [0.2, 0.25) is 0 Å². The third-order valence-electron chi connectivity index (χ3n) is 16.0. The average Bonchev–Trinajstić information content (AvgIpc) is 2.76. The highest BCUT2D eigenvalue weighted by atomic mass is 16.7. The number of carbonyl (C=O) groups excluding carboxylic acids is 1. The molecule has 0 aromatic heterocycles. The van der Waals surface area contributed by atoms with Crippen molar-refractivity contribution in [2.45, 2.75) is 319 Å². The van der Waals surface area contributed by atoms with Gasteiger partial charge in [0.1, 0.15) is 48.8 Å². The Kier molecular flexibility index (Phi) is 51.0. The zero-order valence-electron chi connectivity index (χ0n) is 53.5. The SMILES string of the molecule is CC/C=C\C/C=C\C/C=C\C/C=C\C/C=C\C/C=C\C/C=C\C/C=C\CCCCCCCCCCCCCCCCC(=O)NC(COC1OC(CO)C(OC2OC(CO)C(O)C(O)C2O)C(O)C1O)C(O)/C=C/CCCCCCCCCCCCC. The maximum absolute atomic E-state index is 13.3. The van der Waals surface area contributed by atoms with Gasteiger partial charge in [0.15, 0.2) is 12.6 Å². The average molecular weight is 1210 g/mol. The molecular formula is C72H123NO13. The summed E-state index contributed by atoms with van der Waals surface area (Å²) in [6, 6.07) is -0.920. The van der Waals surface area contributed by atoms with Gasteiger partial charge in [-0.3, -0.25) is 4.79 Å². The minimum atomic E-state index is -1.79. The molecule has 0 aliphatic carbocycles. The highest BCUT2D eigenvalue weighted by Gasteiger charge is 2.51. The van der Waals surface area contributed by atoms with Gasteiger partial charge in [0, 0.05) is 6.42 Å². The molecule has 2 rings (SSSR count). The summed E-state index contributed by atoms with van der Waals surface area (Å²) >= 11 is 0. The smallest absolute Gasteiger partial charge is 0.220 e. The fourth-order valence-corrected chi connectivity index (χ4v) is 10.5. The van der Waals surface area contributed by atoms with E-state index in [1.165, 1.54) is 128 Å². The Bertz CT molecular complexity index is 1860. The van der Waals surface area contributed by atoms with E-state index in [1.807, 2.05) is 6.08 Å². The molecule has 9 N–H and O–H groups in total. The molecule has 0 aromatic carbocycles. The molecule has 494 valence electrons. The van der Waals surface area contributed by atoms with Crippen molar-refractivity contribution in [3.8, 4) is 0 Å². The maximum Gasteiger partial charge on any atom is 0.220 e. The van der Waals surface area contributed by atoms with Crippen molar-refractivity contribution in [3.63, 3.8) is 0 Å². The summed E-state index contributed by atoms with van der Waals surface area (Å²) in [4.78, 5) is 13.3. The number of unbranched alkanes of at least 4 members (excludes halogenated alkanes) is 25. The summed E-state index contributed by atoms with van der Waals surface area (Å²) in [5.74, 6) is -0.244. The number of nitrogens with one attached hydrogen (secondary N) is 1. The number of aliphatic hydroxyl groups is 8. The Morgan fingerprint density at radius 3 is 1.23 bits per heavy atom. The largest absolute Gasteiger partial charge is 0.394 e. The molecule has 0 bridgehead atoms. The van der Waals surface area contributed by atoms with E-state index in [2.05, 4.69) is 116 Å². The molecule has 2 fully saturated rings. The molecule has 2 aliphatic heterocycles. The lowest BCUT2D eigenvalue weighted by atomic mass is 9.97. The summed E-state index contributed by atoms with van der Waals surface area (Å²) < 4.78 is 22.8. The Morgan fingerprint density at radius 2 is 0.802 bits per heavy atom. The zero-order chi connectivity index (χ0) is 62.3. The van der Waals surface area contributed by atoms with Crippen molar-refractivity contribution >= 4 is 5.91 Å². The van der Waals surface area contributed by atoms with E-state index >= 15 is 0 Å². The van der Waals surface area contributed by atoms with Crippen LogP contribution in [0.4, 0.5) is 0 Å². The first-order chi connectivity index (χ1) is 42.1. The molecule has 0 spiro atoms. The number of aliphatic hydroxyl groups excluding tert-OH is 8. The van der Waals surface area contributed by atoms with Gasteiger partial charge in [-0.15, -0.1) is 0 Å². The number of rotatable bonds is 54. The molecule has 12 unspecified atom stereocenters. The van der Waals surface area contributed by atoms with Gasteiger partial charge in [-0.1, -0.05) is 264 Å². The molecule has 1 amide bonds. The van der Waals surface area contributed by atoms with Crippen molar-refractivity contribution in [3.05, 3.63) is 109 Å². The van der Waals surface area contributed by atoms with Gasteiger partial charge in [0.05, 0.1) is 32.0 Å². The number of hydrogen-bond acceptors (Lipinski definition) is 13. The van der Waals surface area contributed by atoms with Gasteiger partial charge in [0.2, 0.25) is 5.91 Å². The quantitative estimate of drug-likeness (QED) is 0.0204. The maximum atomic E-state index is 13.3. The van der Waals surface area contributed by atoms with E-state index in [1.54, 1.807) is 6.08 Å². The zero-order valence-corrected chi connectivity index (χ0v) is 53.5. The predicted molar refractivity (Wildman–Crippen MR) is 350 cm³/mol. The van der Waals surface area contributed by atoms with Crippen LogP contribution in [0.1, 0.15) is 245 Å². The predicted octanol–water partition coefficient (Wildman–Crippen LogP) is 13.6. The minimum Gasteiger partial charge on any atom is -0.394 e. The second kappa shape index (κ2) is 55.7. The molecule has 14 heteroatoms. The Hall–Kier alpha value is -3.35. The van der Waals surface area contributed by atoms with E-state index in [0.29, 0.717) is 6.42 Å². The van der Waals surface area contributed by atoms with Gasteiger partial charge in [-0.25, -0.2) is 0 Å². The van der Waals surface area contributed by atoms with E-state index in [4.69, 9.17) is 18.9 Å². The van der Waals surface area contributed by atoms with Crippen LogP contribution in [0, 0.1) is 0 Å². The van der Waals surface area contributed by atoms with Gasteiger partial charge >= 0.3 is 0 Å². The number of hydrogen-bond donors (Lipinski definition) is 9. The molecule has 12 atom stereocenters. The highest BCUT2D eigenvalue weighted by molar-refractivity contribution is 5.76. The van der Waals surface area contributed by atoms with E-state index in [9.17, 15) is 45.6 Å². The van der Waals surface area contributed by atoms with Crippen LogP contribution in [0.3, 0.4) is 0 Å². The molecule has 0 radical (unpaired) electrons. The first-order valence-corrected chi connectivity index (χ1v) is 34.1. The van der Waals surface area contributed by atoms with Crippen LogP contribution in [0.25, 0.3) is 0 Å². The summed E-state index contributed by atoms with van der Waals surface area (Å²) in [5.41, 5.74) is 0. The standard InChI is InChI=1S/C72H123NO13/c1-3-5-7-9-11-13-15-17-18-19-20-21-22-23-24-25-26-27-28-29-30-31-32-33-34-35-36-37-38-39-40-41-42-44-46-48-50-52-54-56-64(77)73-60(61(76)55-53-51-49-47-45-43-16-14-12-10-8-6-4-2)59-83-71-69(82)67(80)70(63(58-75)85-71)86-72-68(81)66(79)65(78)62(57-74)84-72/h5,7,11,13,17-18,20-21,23-24,26-27,29-30,32-33,53,55,60-63,65-72,74-76,78-82H,3-4,6,8-10,12,14-16,19,22,25,28,31,34-52,54,56-59H2,1-2H3,(H,73,77)/b7-5-,13-11-,18-17-,21-20-,24-23-,27-26-,30-29-,33-32-,55-53+. The Labute approximate surface area is 521 Å². The normalized spacial score (nSPS) is 24.1. The third kappa shape index (κ3) is 39.6. The van der Waals surface area contributed by atoms with Crippen LogP contribution in [-0.4, -0.2) is 140 Å². The Morgan fingerprint density at radius 1 is 0.430 bits per heavy atom. The summed E-state index contributed by atoms with van der Waals surface area (Å²) in [6.45, 7) is 2.67. The fourth-order valence-electron chi connectivity index (χ4n) is 10.5. The first kappa shape index (κ1) is 78.7. The van der Waals surface area contributed by atoms with Gasteiger partial charge in [0.25, 0.3) is 0 Å². The van der Waals surface area contributed by atoms with Crippen molar-refractivity contribution < 1.29 is 64.6 Å². The van der Waals surface area contributed by atoms with Crippen LogP contribution in [-0.2, 0) is 23.7 Å². The third-order valence-corrected chi connectivity index (χ3v) is 16.0. The molecule has 2 heterocycles. The van der Waals surface area contributed by atoms with Crippen molar-refractivity contribution in [1.29, 1.82) is 0 Å². The van der Waals surface area contributed by atoms with Crippen LogP contribution in [0.15, 0.2) is 109 Å². The summed E-state index contributed by atoms with van der Waals surface area (Å²) in [7, 11) is 0. The number of amides is 1. The summed E-state index contributed by atoms with van der Waals surface area (Å²) in [6.07, 6.45) is 62.9. The van der Waals surface area contributed by atoms with E-state index in [0.717, 1.165) is 89.9 Å². The lowest BCUT2D eigenvalue weighted by Gasteiger charge is -2.46. The molecule has 2 aliphatic rings. The first-order valence-electron chi connectivity index (χ1n) is 34.1. The van der Waals surface area contributed by atoms with E-state index in [-0.39, 0.29) is 18.9 Å². The van der Waals surface area contributed by atoms with Crippen LogP contribution < -0.4 is 5.32 Å². The van der Waals surface area contributed by atoms with Gasteiger partial charge < -0.3 is 65.1 Å². The van der Waals surface area contributed by atoms with Crippen LogP contribution in [0.5, 0.6) is 0 Å². The minimum absolute atomic E-state index is 0.244. The molecule has 86 heavy (non-hydrogen) atoms. The topological polar surface area (TPSA) is 228 Å². The second-order valence-corrected chi connectivity index (χ2v) is 23.6. The number of allylic oxidation sites excluding steroid dienone is 17. The van der Waals surface area contributed by atoms with Crippen LogP contribution >= 0.6 is 0 Å². The molecule has 0 saturated carbocycles. The number of carbonyl (C=O) groups is 1. The lowest BCUT2D eigenvalue weighted by molar-refractivity contribution is -0.359. The number of ether oxygens (including phenoxy) is 4. The van der Waals surface area contributed by atoms with Crippen molar-refractivity contribution in [2.75, 3.05) is 19.8 Å². The highest BCUT2D eigenvalue weighted by Crippen LogP contribution is 2.30. The molecular weight excluding hydrogens is 1090 g/mol. The monoisotopic (exact) mass is 1210 g/mol. The molecule has 2 saturated heterocycles. The van der Waals surface area contributed by atoms with Gasteiger partial charge in [-0.05, 0) is 83.5 Å². The van der Waals surface area contributed by atoms with Gasteiger partial charge in [-0.2, -0.15) is 0 Å². The van der Waals surface area contributed by atoms with Crippen molar-refractivity contribution in [1.82, 2.24) is 5.32 Å². The molecule has 14 nitrogen and oxygen atoms in total. The fraction of sp³-hybridized carbons (Fsp3) is 0.736. The lowest BCUT2D eigenvalue weighted by Crippen LogP contribution is -2.65. The Balaban J connectivity index is 1.60. The van der Waals surface area contributed by atoms with Crippen molar-refractivity contribution in [2.24, 2.45) is 0 Å². The second-order valence-electron chi connectivity index (χ2n) is 23.6.